The zero-order valence-corrected chi connectivity index (χ0v) is 18.3. The molecular weight excluding hydrogens is 473 g/mol. The molecule has 1 rings (SSSR count). The van der Waals surface area contributed by atoms with Crippen LogP contribution in [-0.4, -0.2) is 51.7 Å². The lowest BCUT2D eigenvalue weighted by atomic mass is 10.2. The van der Waals surface area contributed by atoms with Crippen LogP contribution in [0.3, 0.4) is 0 Å². The number of anilines is 1. The van der Waals surface area contributed by atoms with Crippen LogP contribution in [0.5, 0.6) is 0 Å². The number of nitrogens with one attached hydrogen (secondary N) is 3. The second-order valence-corrected chi connectivity index (χ2v) is 7.34. The third-order valence-corrected chi connectivity index (χ3v) is 4.27. The number of sulfone groups is 1. The van der Waals surface area contributed by atoms with E-state index in [-0.39, 0.29) is 40.2 Å². The van der Waals surface area contributed by atoms with Gasteiger partial charge in [-0.1, -0.05) is 6.92 Å². The molecule has 1 aromatic rings. The molecule has 0 spiro atoms. The molecular formula is C15H26IN5O4S. The molecule has 0 aliphatic heterocycles. The highest BCUT2D eigenvalue weighted by Crippen LogP contribution is 2.27. The fraction of sp³-hybridized carbons (Fsp3) is 0.533. The number of rotatable bonds is 9. The van der Waals surface area contributed by atoms with E-state index in [9.17, 15) is 18.5 Å². The van der Waals surface area contributed by atoms with Gasteiger partial charge in [0, 0.05) is 38.5 Å². The molecule has 9 nitrogen and oxygen atoms in total. The standard InChI is InChI=1S/C15H25N5O4S.HI/c1-4-8-18-15(16-5-2)19-10-9-17-13-7-6-12(25(3,23)24)11-14(13)20(21)22;/h6-7,11,17H,4-5,8-10H2,1-3H3,(H2,16,18,19);1H. The Morgan fingerprint density at radius 1 is 1.23 bits per heavy atom. The second kappa shape index (κ2) is 11.9. The summed E-state index contributed by atoms with van der Waals surface area (Å²) in [6.45, 7) is 6.36. The lowest BCUT2D eigenvalue weighted by molar-refractivity contribution is -0.384. The van der Waals surface area contributed by atoms with Gasteiger partial charge in [0.25, 0.3) is 5.69 Å². The van der Waals surface area contributed by atoms with E-state index in [0.29, 0.717) is 25.6 Å². The summed E-state index contributed by atoms with van der Waals surface area (Å²) in [6, 6.07) is 3.83. The lowest BCUT2D eigenvalue weighted by Crippen LogP contribution is -2.39. The van der Waals surface area contributed by atoms with Crippen LogP contribution in [0.1, 0.15) is 20.3 Å². The molecule has 0 aromatic heterocycles. The Balaban J connectivity index is 0.00000625. The van der Waals surface area contributed by atoms with Gasteiger partial charge in [-0.3, -0.25) is 15.1 Å². The molecule has 0 fully saturated rings. The van der Waals surface area contributed by atoms with Gasteiger partial charge < -0.3 is 16.0 Å². The molecule has 0 aliphatic carbocycles. The maximum Gasteiger partial charge on any atom is 0.293 e. The van der Waals surface area contributed by atoms with E-state index in [1.54, 1.807) is 0 Å². The summed E-state index contributed by atoms with van der Waals surface area (Å²) >= 11 is 0. The number of halogens is 1. The smallest absolute Gasteiger partial charge is 0.293 e. The van der Waals surface area contributed by atoms with Crippen molar-refractivity contribution in [1.82, 2.24) is 10.6 Å². The van der Waals surface area contributed by atoms with Crippen molar-refractivity contribution in [3.8, 4) is 0 Å². The van der Waals surface area contributed by atoms with Crippen LogP contribution in [0.15, 0.2) is 28.1 Å². The number of nitrogens with zero attached hydrogens (tertiary/aromatic N) is 2. The van der Waals surface area contributed by atoms with Crippen molar-refractivity contribution >= 4 is 51.1 Å². The Labute approximate surface area is 171 Å². The predicted molar refractivity (Wildman–Crippen MR) is 114 cm³/mol. The predicted octanol–water partition coefficient (Wildman–Crippen LogP) is 1.99. The lowest BCUT2D eigenvalue weighted by Gasteiger charge is -2.12. The van der Waals surface area contributed by atoms with Crippen molar-refractivity contribution in [3.63, 3.8) is 0 Å². The van der Waals surface area contributed by atoms with E-state index in [2.05, 4.69) is 20.9 Å². The first-order valence-electron chi connectivity index (χ1n) is 8.04. The summed E-state index contributed by atoms with van der Waals surface area (Å²) in [5.74, 6) is 0.688. The average Bonchev–Trinajstić information content (AvgIpc) is 2.55. The topological polar surface area (TPSA) is 126 Å². The van der Waals surface area contributed by atoms with Gasteiger partial charge in [0.1, 0.15) is 5.69 Å². The van der Waals surface area contributed by atoms with E-state index in [0.717, 1.165) is 25.3 Å². The number of hydrogen-bond donors (Lipinski definition) is 3. The minimum Gasteiger partial charge on any atom is -0.378 e. The van der Waals surface area contributed by atoms with Crippen LogP contribution in [0.25, 0.3) is 0 Å². The Kier molecular flexibility index (Phi) is 11.1. The third kappa shape index (κ3) is 8.17. The molecule has 0 aliphatic rings. The van der Waals surface area contributed by atoms with Gasteiger partial charge in [-0.2, -0.15) is 0 Å². The summed E-state index contributed by atoms with van der Waals surface area (Å²) < 4.78 is 23.1. The monoisotopic (exact) mass is 499 g/mol. The molecule has 0 heterocycles. The van der Waals surface area contributed by atoms with E-state index in [1.165, 1.54) is 12.1 Å². The molecule has 3 N–H and O–H groups in total. The zero-order chi connectivity index (χ0) is 18.9. The molecule has 0 radical (unpaired) electrons. The Hall–Kier alpha value is -1.63. The molecule has 148 valence electrons. The first kappa shape index (κ1) is 24.4. The Morgan fingerprint density at radius 3 is 2.46 bits per heavy atom. The van der Waals surface area contributed by atoms with E-state index in [4.69, 9.17) is 0 Å². The summed E-state index contributed by atoms with van der Waals surface area (Å²) in [5.41, 5.74) is 0.00387. The van der Waals surface area contributed by atoms with Gasteiger partial charge in [-0.05, 0) is 25.5 Å². The van der Waals surface area contributed by atoms with Crippen molar-refractivity contribution in [1.29, 1.82) is 0 Å². The first-order valence-corrected chi connectivity index (χ1v) is 9.93. The van der Waals surface area contributed by atoms with Gasteiger partial charge in [0.2, 0.25) is 0 Å². The molecule has 0 amide bonds. The molecule has 0 bridgehead atoms. The summed E-state index contributed by atoms with van der Waals surface area (Å²) in [7, 11) is -3.50. The SMILES string of the molecule is CCCN=C(NCC)NCCNc1ccc(S(C)(=O)=O)cc1[N+](=O)[O-].I. The molecule has 0 atom stereocenters. The molecule has 0 saturated heterocycles. The molecule has 1 aromatic carbocycles. The molecule has 11 heteroatoms. The largest absolute Gasteiger partial charge is 0.378 e. The van der Waals surface area contributed by atoms with Crippen LogP contribution < -0.4 is 16.0 Å². The zero-order valence-electron chi connectivity index (χ0n) is 15.1. The van der Waals surface area contributed by atoms with E-state index < -0.39 is 14.8 Å². The van der Waals surface area contributed by atoms with Crippen LogP contribution in [0.2, 0.25) is 0 Å². The summed E-state index contributed by atoms with van der Waals surface area (Å²) in [5, 5.41) is 20.3. The van der Waals surface area contributed by atoms with Gasteiger partial charge in [-0.25, -0.2) is 8.42 Å². The van der Waals surface area contributed by atoms with Crippen molar-refractivity contribution in [2.24, 2.45) is 4.99 Å². The van der Waals surface area contributed by atoms with Crippen LogP contribution in [-0.2, 0) is 9.84 Å². The molecule has 0 saturated carbocycles. The number of aliphatic imine (C=N–C) groups is 1. The normalized spacial score (nSPS) is 11.4. The fourth-order valence-electron chi connectivity index (χ4n) is 1.99. The van der Waals surface area contributed by atoms with Gasteiger partial charge in [0.15, 0.2) is 15.8 Å². The van der Waals surface area contributed by atoms with Crippen molar-refractivity contribution in [2.75, 3.05) is 37.8 Å². The van der Waals surface area contributed by atoms with Crippen LogP contribution in [0, 0.1) is 10.1 Å². The Morgan fingerprint density at radius 2 is 1.92 bits per heavy atom. The minimum atomic E-state index is -3.50. The first-order chi connectivity index (χ1) is 11.8. The van der Waals surface area contributed by atoms with Crippen LogP contribution in [0.4, 0.5) is 11.4 Å². The van der Waals surface area contributed by atoms with Crippen molar-refractivity contribution in [3.05, 3.63) is 28.3 Å². The molecule has 26 heavy (non-hydrogen) atoms. The molecule has 0 unspecified atom stereocenters. The number of hydrogen-bond acceptors (Lipinski definition) is 6. The number of nitro benzene ring substituents is 1. The average molecular weight is 499 g/mol. The van der Waals surface area contributed by atoms with Crippen molar-refractivity contribution < 1.29 is 13.3 Å². The highest BCUT2D eigenvalue weighted by atomic mass is 127. The highest BCUT2D eigenvalue weighted by molar-refractivity contribution is 14.0. The third-order valence-electron chi connectivity index (χ3n) is 3.16. The number of guanidine groups is 1. The highest BCUT2D eigenvalue weighted by Gasteiger charge is 2.18. The Bertz CT molecular complexity index is 725. The van der Waals surface area contributed by atoms with Gasteiger partial charge in [0.05, 0.1) is 9.82 Å². The number of benzene rings is 1. The maximum atomic E-state index is 11.5. The summed E-state index contributed by atoms with van der Waals surface area (Å²) in [6.07, 6.45) is 1.95. The fourth-order valence-corrected chi connectivity index (χ4v) is 2.63. The van der Waals surface area contributed by atoms with E-state index in [1.807, 2.05) is 13.8 Å². The maximum absolute atomic E-state index is 11.5. The number of nitro groups is 1. The van der Waals surface area contributed by atoms with Gasteiger partial charge in [-0.15, -0.1) is 24.0 Å². The van der Waals surface area contributed by atoms with Crippen LogP contribution >= 0.6 is 24.0 Å². The minimum absolute atomic E-state index is 0. The quantitative estimate of drug-likeness (QED) is 0.119. The van der Waals surface area contributed by atoms with Gasteiger partial charge >= 0.3 is 0 Å². The second-order valence-electron chi connectivity index (χ2n) is 5.32. The van der Waals surface area contributed by atoms with E-state index >= 15 is 0 Å². The van der Waals surface area contributed by atoms with Crippen molar-refractivity contribution in [2.45, 2.75) is 25.2 Å². The summed E-state index contributed by atoms with van der Waals surface area (Å²) in [4.78, 5) is 14.8.